The molecular weight excluding hydrogens is 258 g/mol. The molecule has 0 spiro atoms. The maximum absolute atomic E-state index is 12.2. The Balaban J connectivity index is 1.36. The molecule has 3 rings (SSSR count). The second kappa shape index (κ2) is 6.85. The Bertz CT molecular complexity index is 334. The van der Waals surface area contributed by atoms with E-state index in [4.69, 9.17) is 9.47 Å². The number of ether oxygens (including phenoxy) is 2. The third kappa shape index (κ3) is 3.49. The van der Waals surface area contributed by atoms with E-state index in [2.05, 4.69) is 15.5 Å². The van der Waals surface area contributed by atoms with Gasteiger partial charge in [-0.05, 0) is 19.3 Å². The van der Waals surface area contributed by atoms with Crippen LogP contribution in [0.3, 0.4) is 0 Å². The highest BCUT2D eigenvalue weighted by molar-refractivity contribution is 5.78. The molecule has 1 amide bonds. The van der Waals surface area contributed by atoms with Gasteiger partial charge >= 0.3 is 0 Å². The van der Waals surface area contributed by atoms with E-state index < -0.39 is 0 Å². The van der Waals surface area contributed by atoms with Crippen LogP contribution >= 0.6 is 0 Å². The van der Waals surface area contributed by atoms with E-state index in [9.17, 15) is 4.79 Å². The van der Waals surface area contributed by atoms with Crippen LogP contribution in [0.25, 0.3) is 0 Å². The SMILES string of the molecule is O=C(NCCN1CCNCC1)C1CCC2OCOC2C1. The molecule has 2 saturated heterocycles. The maximum Gasteiger partial charge on any atom is 0.223 e. The molecule has 2 heterocycles. The normalized spacial score (nSPS) is 34.7. The van der Waals surface area contributed by atoms with Gasteiger partial charge in [-0.1, -0.05) is 0 Å². The minimum atomic E-state index is 0.0981. The number of nitrogens with zero attached hydrogens (tertiary/aromatic N) is 1. The predicted octanol–water partition coefficient (Wildman–Crippen LogP) is -0.451. The molecule has 20 heavy (non-hydrogen) atoms. The lowest BCUT2D eigenvalue weighted by atomic mass is 9.85. The highest BCUT2D eigenvalue weighted by Gasteiger charge is 2.38. The molecule has 1 saturated carbocycles. The molecule has 2 aliphatic heterocycles. The molecular formula is C14H25N3O3. The van der Waals surface area contributed by atoms with Crippen LogP contribution in [0.15, 0.2) is 0 Å². The smallest absolute Gasteiger partial charge is 0.223 e. The molecule has 2 N–H and O–H groups in total. The molecule has 0 aromatic carbocycles. The number of rotatable bonds is 4. The third-order valence-corrected chi connectivity index (χ3v) is 4.60. The summed E-state index contributed by atoms with van der Waals surface area (Å²) in [6.45, 7) is 6.36. The fraction of sp³-hybridized carbons (Fsp3) is 0.929. The van der Waals surface area contributed by atoms with Gasteiger partial charge in [-0.25, -0.2) is 0 Å². The van der Waals surface area contributed by atoms with Crippen molar-refractivity contribution in [1.29, 1.82) is 0 Å². The summed E-state index contributed by atoms with van der Waals surface area (Å²) in [4.78, 5) is 14.6. The number of carbonyl (C=O) groups is 1. The van der Waals surface area contributed by atoms with Crippen molar-refractivity contribution >= 4 is 5.91 Å². The van der Waals surface area contributed by atoms with Crippen molar-refractivity contribution in [2.75, 3.05) is 46.1 Å². The average Bonchev–Trinajstić information content (AvgIpc) is 2.95. The Morgan fingerprint density at radius 2 is 2.00 bits per heavy atom. The summed E-state index contributed by atoms with van der Waals surface area (Å²) in [7, 11) is 0. The molecule has 0 aromatic rings. The summed E-state index contributed by atoms with van der Waals surface area (Å²) in [5.74, 6) is 0.287. The summed E-state index contributed by atoms with van der Waals surface area (Å²) in [6, 6.07) is 0. The van der Waals surface area contributed by atoms with Gasteiger partial charge < -0.3 is 20.1 Å². The Hall–Kier alpha value is -0.690. The van der Waals surface area contributed by atoms with Gasteiger partial charge in [0.05, 0.1) is 12.2 Å². The molecule has 3 aliphatic rings. The zero-order chi connectivity index (χ0) is 13.8. The molecule has 0 aromatic heterocycles. The zero-order valence-corrected chi connectivity index (χ0v) is 12.0. The number of fused-ring (bicyclic) bond motifs is 1. The van der Waals surface area contributed by atoms with Crippen LogP contribution in [-0.4, -0.2) is 69.1 Å². The molecule has 3 fully saturated rings. The lowest BCUT2D eigenvalue weighted by Gasteiger charge is -2.30. The van der Waals surface area contributed by atoms with Crippen molar-refractivity contribution in [2.24, 2.45) is 5.92 Å². The molecule has 3 unspecified atom stereocenters. The summed E-state index contributed by atoms with van der Waals surface area (Å²) in [5, 5.41) is 6.41. The van der Waals surface area contributed by atoms with Crippen molar-refractivity contribution in [1.82, 2.24) is 15.5 Å². The maximum atomic E-state index is 12.2. The van der Waals surface area contributed by atoms with Crippen LogP contribution in [0.5, 0.6) is 0 Å². The van der Waals surface area contributed by atoms with Crippen molar-refractivity contribution in [3.63, 3.8) is 0 Å². The van der Waals surface area contributed by atoms with E-state index >= 15 is 0 Å². The van der Waals surface area contributed by atoms with Crippen LogP contribution in [0.1, 0.15) is 19.3 Å². The number of hydrogen-bond donors (Lipinski definition) is 2. The quantitative estimate of drug-likeness (QED) is 0.732. The van der Waals surface area contributed by atoms with Crippen LogP contribution < -0.4 is 10.6 Å². The monoisotopic (exact) mass is 283 g/mol. The minimum Gasteiger partial charge on any atom is -0.355 e. The van der Waals surface area contributed by atoms with Gasteiger partial charge in [-0.3, -0.25) is 9.69 Å². The van der Waals surface area contributed by atoms with Crippen molar-refractivity contribution in [3.05, 3.63) is 0 Å². The summed E-state index contributed by atoms with van der Waals surface area (Å²) in [6.07, 6.45) is 3.03. The van der Waals surface area contributed by atoms with Gasteiger partial charge in [0.2, 0.25) is 5.91 Å². The van der Waals surface area contributed by atoms with Crippen molar-refractivity contribution in [3.8, 4) is 0 Å². The van der Waals surface area contributed by atoms with Crippen molar-refractivity contribution < 1.29 is 14.3 Å². The fourth-order valence-electron chi connectivity index (χ4n) is 3.34. The third-order valence-electron chi connectivity index (χ3n) is 4.60. The molecule has 114 valence electrons. The lowest BCUT2D eigenvalue weighted by Crippen LogP contribution is -2.47. The van der Waals surface area contributed by atoms with E-state index in [1.807, 2.05) is 0 Å². The van der Waals surface area contributed by atoms with Crippen molar-refractivity contribution in [2.45, 2.75) is 31.5 Å². The summed E-state index contributed by atoms with van der Waals surface area (Å²) in [5.41, 5.74) is 0. The second-order valence-corrected chi connectivity index (χ2v) is 5.92. The zero-order valence-electron chi connectivity index (χ0n) is 12.0. The highest BCUT2D eigenvalue weighted by atomic mass is 16.7. The first-order chi connectivity index (χ1) is 9.83. The first kappa shape index (κ1) is 14.3. The number of amides is 1. The Labute approximate surface area is 120 Å². The topological polar surface area (TPSA) is 62.8 Å². The average molecular weight is 283 g/mol. The van der Waals surface area contributed by atoms with E-state index in [0.717, 1.165) is 58.5 Å². The van der Waals surface area contributed by atoms with E-state index in [-0.39, 0.29) is 24.0 Å². The highest BCUT2D eigenvalue weighted by Crippen LogP contribution is 2.32. The molecule has 6 nitrogen and oxygen atoms in total. The van der Waals surface area contributed by atoms with E-state index in [1.54, 1.807) is 0 Å². The Morgan fingerprint density at radius 3 is 2.85 bits per heavy atom. The largest absolute Gasteiger partial charge is 0.355 e. The van der Waals surface area contributed by atoms with Crippen LogP contribution in [0, 0.1) is 5.92 Å². The van der Waals surface area contributed by atoms with Gasteiger partial charge in [-0.15, -0.1) is 0 Å². The Kier molecular flexibility index (Phi) is 4.88. The number of nitrogens with one attached hydrogen (secondary N) is 2. The van der Waals surface area contributed by atoms with E-state index in [1.165, 1.54) is 0 Å². The van der Waals surface area contributed by atoms with Gasteiger partial charge in [-0.2, -0.15) is 0 Å². The molecule has 0 bridgehead atoms. The van der Waals surface area contributed by atoms with Crippen LogP contribution in [-0.2, 0) is 14.3 Å². The number of carbonyl (C=O) groups excluding carboxylic acids is 1. The lowest BCUT2D eigenvalue weighted by molar-refractivity contribution is -0.127. The fourth-order valence-corrected chi connectivity index (χ4v) is 3.34. The summed E-state index contributed by atoms with van der Waals surface area (Å²) >= 11 is 0. The first-order valence-corrected chi connectivity index (χ1v) is 7.77. The minimum absolute atomic E-state index is 0.0981. The molecule has 6 heteroatoms. The van der Waals surface area contributed by atoms with Gasteiger partial charge in [0.25, 0.3) is 0 Å². The molecule has 3 atom stereocenters. The Morgan fingerprint density at radius 1 is 1.20 bits per heavy atom. The summed E-state index contributed by atoms with van der Waals surface area (Å²) < 4.78 is 11.0. The first-order valence-electron chi connectivity index (χ1n) is 7.77. The van der Waals surface area contributed by atoms with Crippen LogP contribution in [0.2, 0.25) is 0 Å². The number of piperazine rings is 1. The molecule has 1 aliphatic carbocycles. The predicted molar refractivity (Wildman–Crippen MR) is 74.3 cm³/mol. The second-order valence-electron chi connectivity index (χ2n) is 5.92. The standard InChI is InChI=1S/C14H25N3O3/c18-14(16-5-8-17-6-3-15-4-7-17)11-1-2-12-13(9-11)20-10-19-12/h11-13,15H,1-10H2,(H,16,18). The van der Waals surface area contributed by atoms with Crippen LogP contribution in [0.4, 0.5) is 0 Å². The van der Waals surface area contributed by atoms with Gasteiger partial charge in [0.1, 0.15) is 6.79 Å². The van der Waals surface area contributed by atoms with Gasteiger partial charge in [0.15, 0.2) is 0 Å². The molecule has 0 radical (unpaired) electrons. The van der Waals surface area contributed by atoms with E-state index in [0.29, 0.717) is 6.79 Å². The number of hydrogen-bond acceptors (Lipinski definition) is 5. The van der Waals surface area contributed by atoms with Gasteiger partial charge in [0, 0.05) is 45.2 Å².